The van der Waals surface area contributed by atoms with Gasteiger partial charge in [0.2, 0.25) is 11.9 Å². The number of aryl methyl sites for hydroxylation is 1. The molecule has 0 bridgehead atoms. The number of allylic oxidation sites excluding steroid dienone is 1. The van der Waals surface area contributed by atoms with Gasteiger partial charge in [0.05, 0.1) is 39.8 Å². The van der Waals surface area contributed by atoms with E-state index in [0.29, 0.717) is 0 Å². The molecule has 9 rings (SSSR count). The van der Waals surface area contributed by atoms with Crippen molar-refractivity contribution < 1.29 is 0 Å². The number of nitrogens with one attached hydrogen (secondary N) is 1. The molecule has 0 atom stereocenters. The van der Waals surface area contributed by atoms with Gasteiger partial charge >= 0.3 is 0 Å². The standard InChI is InChI=1S/C34H25N7/c1-2-10-22(11-3-1)39-33(40-28-15-7-4-12-23(28)24-13-5-8-16-29(24)40)37-38-34(39)41-30-17-9-6-14-25(30)32-26-20-35-19-18-27(26)36-21-31(32)41/h1-4,6-12,14-19,21,35H,5,13,20H2. The Hall–Kier alpha value is -5.43. The van der Waals surface area contributed by atoms with E-state index in [1.54, 1.807) is 0 Å². The van der Waals surface area contributed by atoms with Gasteiger partial charge in [-0.2, -0.15) is 0 Å². The molecule has 196 valence electrons. The normalized spacial score (nSPS) is 14.0. The fourth-order valence-corrected chi connectivity index (χ4v) is 6.64. The molecule has 1 N–H and O–H groups in total. The summed E-state index contributed by atoms with van der Waals surface area (Å²) in [5.41, 5.74) is 8.94. The zero-order valence-electron chi connectivity index (χ0n) is 22.2. The third-order valence-electron chi connectivity index (χ3n) is 8.39. The van der Waals surface area contributed by atoms with Crippen molar-refractivity contribution in [2.24, 2.45) is 0 Å². The first-order valence-corrected chi connectivity index (χ1v) is 14.0. The third-order valence-corrected chi connectivity index (χ3v) is 8.39. The molecule has 5 heterocycles. The Morgan fingerprint density at radius 2 is 1.39 bits per heavy atom. The maximum Gasteiger partial charge on any atom is 0.242 e. The minimum absolute atomic E-state index is 0.727. The minimum Gasteiger partial charge on any atom is -0.387 e. The van der Waals surface area contributed by atoms with Crippen molar-refractivity contribution in [3.63, 3.8) is 0 Å². The predicted octanol–water partition coefficient (Wildman–Crippen LogP) is 6.74. The van der Waals surface area contributed by atoms with E-state index >= 15 is 0 Å². The van der Waals surface area contributed by atoms with Crippen LogP contribution in [-0.2, 0) is 13.0 Å². The number of nitrogens with zero attached hydrogens (tertiary/aromatic N) is 6. The molecule has 2 aliphatic rings. The smallest absolute Gasteiger partial charge is 0.242 e. The molecule has 1 aliphatic heterocycles. The molecular weight excluding hydrogens is 506 g/mol. The summed E-state index contributed by atoms with van der Waals surface area (Å²) in [4.78, 5) is 4.87. The van der Waals surface area contributed by atoms with E-state index in [9.17, 15) is 0 Å². The number of aromatic nitrogens is 6. The fourth-order valence-electron chi connectivity index (χ4n) is 6.64. The highest BCUT2D eigenvalue weighted by atomic mass is 15.4. The summed E-state index contributed by atoms with van der Waals surface area (Å²) in [5.74, 6) is 1.49. The largest absolute Gasteiger partial charge is 0.387 e. The molecule has 0 saturated heterocycles. The fraction of sp³-hybridized carbons (Fsp3) is 0.0882. The number of para-hydroxylation sites is 3. The Balaban J connectivity index is 1.41. The SMILES string of the molecule is C1=Cc2c(c3ccccc3n2-c2nnc(-n3c4ccccc4c4c5c(ncc43)C=CNC5)n2-c2ccccc2)CC1. The Bertz CT molecular complexity index is 2210. The van der Waals surface area contributed by atoms with E-state index in [0.717, 1.165) is 59.2 Å². The first-order chi connectivity index (χ1) is 20.4. The lowest BCUT2D eigenvalue weighted by molar-refractivity contribution is 0.855. The maximum absolute atomic E-state index is 4.93. The maximum atomic E-state index is 4.93. The van der Waals surface area contributed by atoms with Crippen LogP contribution in [-0.4, -0.2) is 28.9 Å². The van der Waals surface area contributed by atoms with Crippen molar-refractivity contribution in [1.82, 2.24) is 34.2 Å². The van der Waals surface area contributed by atoms with Crippen LogP contribution in [0.5, 0.6) is 0 Å². The van der Waals surface area contributed by atoms with Crippen molar-refractivity contribution in [2.75, 3.05) is 0 Å². The first kappa shape index (κ1) is 22.4. The zero-order chi connectivity index (χ0) is 26.9. The average Bonchev–Trinajstić information content (AvgIpc) is 3.71. The van der Waals surface area contributed by atoms with Crippen LogP contribution in [0, 0.1) is 0 Å². The Kier molecular flexibility index (Phi) is 4.66. The summed E-state index contributed by atoms with van der Waals surface area (Å²) >= 11 is 0. The summed E-state index contributed by atoms with van der Waals surface area (Å²) in [6, 6.07) is 27.6. The Morgan fingerprint density at radius 3 is 2.24 bits per heavy atom. The van der Waals surface area contributed by atoms with Crippen molar-refractivity contribution >= 4 is 44.9 Å². The van der Waals surface area contributed by atoms with Crippen LogP contribution in [0.4, 0.5) is 0 Å². The second-order valence-corrected chi connectivity index (χ2v) is 10.6. The molecule has 0 unspecified atom stereocenters. The molecule has 1 aliphatic carbocycles. The summed E-state index contributed by atoms with van der Waals surface area (Å²) in [7, 11) is 0. The molecular formula is C34H25N7. The number of rotatable bonds is 3. The highest BCUT2D eigenvalue weighted by Gasteiger charge is 2.27. The molecule has 0 saturated carbocycles. The summed E-state index contributed by atoms with van der Waals surface area (Å²) in [5, 5.41) is 16.9. The van der Waals surface area contributed by atoms with Gasteiger partial charge in [0.15, 0.2) is 0 Å². The second kappa shape index (κ2) is 8.53. The second-order valence-electron chi connectivity index (χ2n) is 10.6. The predicted molar refractivity (Wildman–Crippen MR) is 164 cm³/mol. The molecule has 7 nitrogen and oxygen atoms in total. The molecule has 3 aromatic carbocycles. The lowest BCUT2D eigenvalue weighted by Crippen LogP contribution is -2.13. The summed E-state index contributed by atoms with van der Waals surface area (Å²) in [6.07, 6.45) is 12.5. The summed E-state index contributed by atoms with van der Waals surface area (Å²) in [6.45, 7) is 0.731. The number of hydrogen-bond donors (Lipinski definition) is 1. The van der Waals surface area contributed by atoms with E-state index in [4.69, 9.17) is 15.2 Å². The van der Waals surface area contributed by atoms with Gasteiger partial charge in [-0.25, -0.2) is 4.57 Å². The number of fused-ring (bicyclic) bond motifs is 8. The molecule has 0 spiro atoms. The number of pyridine rings is 1. The molecule has 0 fully saturated rings. The highest BCUT2D eigenvalue weighted by molar-refractivity contribution is 6.11. The molecule has 7 heteroatoms. The zero-order valence-corrected chi connectivity index (χ0v) is 22.2. The van der Waals surface area contributed by atoms with Gasteiger partial charge in [0.1, 0.15) is 0 Å². The van der Waals surface area contributed by atoms with E-state index in [-0.39, 0.29) is 0 Å². The van der Waals surface area contributed by atoms with Gasteiger partial charge in [0, 0.05) is 28.3 Å². The lowest BCUT2D eigenvalue weighted by Gasteiger charge is -2.16. The van der Waals surface area contributed by atoms with Gasteiger partial charge in [-0.15, -0.1) is 10.2 Å². The highest BCUT2D eigenvalue weighted by Crippen LogP contribution is 2.38. The van der Waals surface area contributed by atoms with E-state index < -0.39 is 0 Å². The number of benzene rings is 3. The van der Waals surface area contributed by atoms with E-state index in [2.05, 4.69) is 104 Å². The van der Waals surface area contributed by atoms with Crippen LogP contribution in [0.1, 0.15) is 28.9 Å². The monoisotopic (exact) mass is 531 g/mol. The topological polar surface area (TPSA) is 65.5 Å². The molecule has 7 aromatic rings. The molecule has 0 radical (unpaired) electrons. The van der Waals surface area contributed by atoms with Gasteiger partial charge in [0.25, 0.3) is 0 Å². The minimum atomic E-state index is 0.727. The van der Waals surface area contributed by atoms with Crippen molar-refractivity contribution in [3.05, 3.63) is 120 Å². The van der Waals surface area contributed by atoms with Crippen LogP contribution >= 0.6 is 0 Å². The number of hydrogen-bond acceptors (Lipinski definition) is 4. The Morgan fingerprint density at radius 1 is 0.659 bits per heavy atom. The van der Waals surface area contributed by atoms with E-state index in [1.807, 2.05) is 24.5 Å². The average molecular weight is 532 g/mol. The van der Waals surface area contributed by atoms with Gasteiger partial charge in [-0.3, -0.25) is 14.1 Å². The third kappa shape index (κ3) is 3.11. The van der Waals surface area contributed by atoms with Crippen LogP contribution in [0.25, 0.3) is 62.4 Å². The van der Waals surface area contributed by atoms with Gasteiger partial charge in [-0.1, -0.05) is 60.7 Å². The summed E-state index contributed by atoms with van der Waals surface area (Å²) < 4.78 is 6.67. The van der Waals surface area contributed by atoms with Crippen LogP contribution in [0.15, 0.2) is 97.3 Å². The van der Waals surface area contributed by atoms with Gasteiger partial charge < -0.3 is 5.32 Å². The van der Waals surface area contributed by atoms with Crippen LogP contribution < -0.4 is 5.32 Å². The van der Waals surface area contributed by atoms with E-state index in [1.165, 1.54) is 33.0 Å². The quantitative estimate of drug-likeness (QED) is 0.274. The molecule has 4 aromatic heterocycles. The van der Waals surface area contributed by atoms with Crippen molar-refractivity contribution in [3.8, 4) is 17.6 Å². The first-order valence-electron chi connectivity index (χ1n) is 14.0. The lowest BCUT2D eigenvalue weighted by atomic mass is 10.0. The molecule has 41 heavy (non-hydrogen) atoms. The molecule has 0 amide bonds. The Labute approximate surface area is 235 Å². The van der Waals surface area contributed by atoms with Crippen molar-refractivity contribution in [2.45, 2.75) is 19.4 Å². The van der Waals surface area contributed by atoms with Crippen molar-refractivity contribution in [1.29, 1.82) is 0 Å². The van der Waals surface area contributed by atoms with Gasteiger partial charge in [-0.05, 0) is 61.0 Å². The van der Waals surface area contributed by atoms with Crippen LogP contribution in [0.3, 0.4) is 0 Å². The van der Waals surface area contributed by atoms with Crippen LogP contribution in [0.2, 0.25) is 0 Å².